The Hall–Kier alpha value is -0.126. The zero-order valence-electron chi connectivity index (χ0n) is 27.8. The smallest absolute Gasteiger partial charge is 0.389 e. The average Bonchev–Trinajstić information content (AvgIpc) is 3.03. The van der Waals surface area contributed by atoms with E-state index < -0.39 is 29.8 Å². The lowest BCUT2D eigenvalue weighted by atomic mass is 10.2. The Kier molecular flexibility index (Phi) is 29.2. The molecule has 260 valence electrons. The third-order valence-corrected chi connectivity index (χ3v) is 12.6. The van der Waals surface area contributed by atoms with Crippen molar-refractivity contribution < 1.29 is 46.2 Å². The van der Waals surface area contributed by atoms with Gasteiger partial charge in [-0.1, -0.05) is 6.42 Å². The average molecular weight is 661 g/mol. The van der Waals surface area contributed by atoms with Crippen molar-refractivity contribution in [3.63, 3.8) is 0 Å². The first-order chi connectivity index (χ1) is 20.9. The number of ether oxygens (including phenoxy) is 2. The molecule has 0 aliphatic heterocycles. The van der Waals surface area contributed by atoms with Crippen molar-refractivity contribution in [3.8, 4) is 0 Å². The summed E-state index contributed by atoms with van der Waals surface area (Å²) in [7, 11) is 4.51. The molecule has 2 atom stereocenters. The van der Waals surface area contributed by atoms with Gasteiger partial charge in [0.2, 0.25) is 0 Å². The molecular formula is C27H64N4O10Si2. The highest BCUT2D eigenvalue weighted by atomic mass is 28.4. The van der Waals surface area contributed by atoms with E-state index in [1.54, 1.807) is 42.7 Å². The summed E-state index contributed by atoms with van der Waals surface area (Å²) in [6, 6.07) is 1.36. The Morgan fingerprint density at radius 3 is 1.23 bits per heavy atom. The second kappa shape index (κ2) is 29.3. The fourth-order valence-electron chi connectivity index (χ4n) is 4.27. The van der Waals surface area contributed by atoms with Crippen LogP contribution >= 0.6 is 0 Å². The molecule has 0 heterocycles. The molecule has 0 saturated heterocycles. The molecule has 6 N–H and O–H groups in total. The van der Waals surface area contributed by atoms with Gasteiger partial charge in [-0.15, -0.1) is 0 Å². The van der Waals surface area contributed by atoms with Crippen LogP contribution in [-0.2, 0) is 36.0 Å². The largest absolute Gasteiger partial charge is 0.500 e. The van der Waals surface area contributed by atoms with E-state index in [1.165, 1.54) is 0 Å². The number of hydrogen-bond donors (Lipinski definition) is 6. The van der Waals surface area contributed by atoms with Crippen molar-refractivity contribution in [1.82, 2.24) is 21.3 Å². The highest BCUT2D eigenvalue weighted by molar-refractivity contribution is 6.60. The van der Waals surface area contributed by atoms with Crippen molar-refractivity contribution in [2.45, 2.75) is 56.4 Å². The van der Waals surface area contributed by atoms with E-state index in [2.05, 4.69) is 21.3 Å². The van der Waals surface area contributed by atoms with Crippen LogP contribution in [0.25, 0.3) is 0 Å². The lowest BCUT2D eigenvalue weighted by Crippen LogP contribution is -2.42. The summed E-state index contributed by atoms with van der Waals surface area (Å²) in [6.07, 6.45) is 3.79. The summed E-state index contributed by atoms with van der Waals surface area (Å²) in [4.78, 5) is 0. The van der Waals surface area contributed by atoms with Gasteiger partial charge in [0.05, 0.1) is 25.4 Å². The van der Waals surface area contributed by atoms with Crippen LogP contribution in [0.2, 0.25) is 12.1 Å². The first-order valence-electron chi connectivity index (χ1n) is 15.5. The van der Waals surface area contributed by atoms with Crippen LogP contribution in [0.15, 0.2) is 0 Å². The predicted molar refractivity (Wildman–Crippen MR) is 171 cm³/mol. The van der Waals surface area contributed by atoms with Gasteiger partial charge in [0.25, 0.3) is 0 Å². The van der Waals surface area contributed by atoms with Crippen molar-refractivity contribution >= 4 is 17.6 Å². The monoisotopic (exact) mass is 660 g/mol. The molecule has 0 amide bonds. The summed E-state index contributed by atoms with van der Waals surface area (Å²) in [6.45, 7) is 8.01. The molecule has 0 aromatic rings. The maximum absolute atomic E-state index is 10.1. The minimum Gasteiger partial charge on any atom is -0.389 e. The summed E-state index contributed by atoms with van der Waals surface area (Å²) < 4.78 is 43.4. The Labute approximate surface area is 262 Å². The molecule has 0 fully saturated rings. The van der Waals surface area contributed by atoms with Gasteiger partial charge in [-0.25, -0.2) is 0 Å². The van der Waals surface area contributed by atoms with Crippen LogP contribution in [0.1, 0.15) is 32.1 Å². The second-order valence-electron chi connectivity index (χ2n) is 10.2. The zero-order chi connectivity index (χ0) is 32.1. The van der Waals surface area contributed by atoms with Crippen molar-refractivity contribution in [2.24, 2.45) is 0 Å². The van der Waals surface area contributed by atoms with E-state index in [-0.39, 0.29) is 0 Å². The number of hydrogen-bond acceptors (Lipinski definition) is 14. The molecule has 0 bridgehead atoms. The SMILES string of the molecule is CO[Si](CCCOCC(O)CNCCCCCNCCNCCNCC(O)COCCC[Si](OC)(OC)OC)(OC)OC. The van der Waals surface area contributed by atoms with E-state index in [4.69, 9.17) is 36.0 Å². The van der Waals surface area contributed by atoms with E-state index in [0.717, 1.165) is 71.4 Å². The summed E-state index contributed by atoms with van der Waals surface area (Å²) >= 11 is 0. The van der Waals surface area contributed by atoms with Gasteiger partial charge in [-0.05, 0) is 38.8 Å². The third-order valence-electron chi connectivity index (χ3n) is 6.95. The topological polar surface area (TPSA) is 162 Å². The lowest BCUT2D eigenvalue weighted by molar-refractivity contribution is 0.0352. The van der Waals surface area contributed by atoms with Crippen LogP contribution in [-0.4, -0.2) is 161 Å². The number of rotatable bonds is 34. The van der Waals surface area contributed by atoms with Crippen LogP contribution in [0.3, 0.4) is 0 Å². The molecule has 2 unspecified atom stereocenters. The standard InChI is InChI=1S/C27H64N4O10Si2/c1-34-42(35-2,36-3)20-10-18-40-24-26(32)22-30-13-9-7-8-12-28-14-15-29-16-17-31-23-27(33)25-41-19-11-21-43(37-4,38-5)39-6/h26-33H,7-25H2,1-6H3. The highest BCUT2D eigenvalue weighted by Crippen LogP contribution is 2.15. The molecule has 43 heavy (non-hydrogen) atoms. The Bertz CT molecular complexity index is 535. The van der Waals surface area contributed by atoms with Gasteiger partial charge >= 0.3 is 17.6 Å². The molecular weight excluding hydrogens is 596 g/mol. The molecule has 16 heteroatoms. The third kappa shape index (κ3) is 22.9. The molecule has 0 saturated carbocycles. The van der Waals surface area contributed by atoms with E-state index in [1.807, 2.05) is 0 Å². The summed E-state index contributed by atoms with van der Waals surface area (Å²) in [5.74, 6) is 0. The first-order valence-corrected chi connectivity index (χ1v) is 19.4. The van der Waals surface area contributed by atoms with Gasteiger partial charge in [-0.3, -0.25) is 0 Å². The highest BCUT2D eigenvalue weighted by Gasteiger charge is 2.37. The molecule has 0 rings (SSSR count). The number of aliphatic hydroxyl groups excluding tert-OH is 2. The Morgan fingerprint density at radius 1 is 0.465 bits per heavy atom. The van der Waals surface area contributed by atoms with E-state index in [0.29, 0.717) is 51.6 Å². The van der Waals surface area contributed by atoms with Crippen molar-refractivity contribution in [3.05, 3.63) is 0 Å². The van der Waals surface area contributed by atoms with Crippen LogP contribution in [0.5, 0.6) is 0 Å². The maximum atomic E-state index is 10.1. The van der Waals surface area contributed by atoms with Gasteiger partial charge in [0, 0.05) is 107 Å². The number of nitrogens with one attached hydrogen (secondary N) is 4. The zero-order valence-corrected chi connectivity index (χ0v) is 29.8. The molecule has 14 nitrogen and oxygen atoms in total. The maximum Gasteiger partial charge on any atom is 0.500 e. The second-order valence-corrected chi connectivity index (χ2v) is 16.4. The van der Waals surface area contributed by atoms with E-state index >= 15 is 0 Å². The van der Waals surface area contributed by atoms with Crippen LogP contribution in [0.4, 0.5) is 0 Å². The Morgan fingerprint density at radius 2 is 0.814 bits per heavy atom. The molecule has 0 aromatic carbocycles. The normalized spacial score (nSPS) is 14.0. The van der Waals surface area contributed by atoms with E-state index in [9.17, 15) is 10.2 Å². The molecule has 0 radical (unpaired) electrons. The lowest BCUT2D eigenvalue weighted by Gasteiger charge is -2.24. The van der Waals surface area contributed by atoms with Gasteiger partial charge in [0.15, 0.2) is 0 Å². The molecule has 0 aliphatic rings. The molecule has 0 aliphatic carbocycles. The van der Waals surface area contributed by atoms with Crippen molar-refractivity contribution in [1.29, 1.82) is 0 Å². The Balaban J connectivity index is 3.41. The van der Waals surface area contributed by atoms with Crippen molar-refractivity contribution in [2.75, 3.05) is 121 Å². The van der Waals surface area contributed by atoms with Crippen LogP contribution < -0.4 is 21.3 Å². The number of unbranched alkanes of at least 4 members (excludes halogenated alkanes) is 2. The molecule has 0 aromatic heterocycles. The minimum absolute atomic E-state index is 0.294. The fourth-order valence-corrected chi connectivity index (χ4v) is 7.65. The fraction of sp³-hybridized carbons (Fsp3) is 1.00. The predicted octanol–water partition coefficient (Wildman–Crippen LogP) is -0.193. The summed E-state index contributed by atoms with van der Waals surface area (Å²) in [5.41, 5.74) is 0. The number of aliphatic hydroxyl groups is 2. The minimum atomic E-state index is -2.55. The van der Waals surface area contributed by atoms with Gasteiger partial charge in [-0.2, -0.15) is 0 Å². The quantitative estimate of drug-likeness (QED) is 0.0398. The summed E-state index contributed by atoms with van der Waals surface area (Å²) in [5, 5.41) is 33.5. The van der Waals surface area contributed by atoms with Gasteiger partial charge < -0.3 is 67.5 Å². The molecule has 0 spiro atoms. The van der Waals surface area contributed by atoms with Crippen LogP contribution in [0, 0.1) is 0 Å². The van der Waals surface area contributed by atoms with Gasteiger partial charge in [0.1, 0.15) is 0 Å². The first kappa shape index (κ1) is 42.9.